The Morgan fingerprint density at radius 3 is 2.27 bits per heavy atom. The molecule has 0 aliphatic carbocycles. The highest BCUT2D eigenvalue weighted by Gasteiger charge is 2.17. The number of hydrogen-bond acceptors (Lipinski definition) is 3. The minimum absolute atomic E-state index is 0.879. The van der Waals surface area contributed by atoms with E-state index in [2.05, 4.69) is 100 Å². The van der Waals surface area contributed by atoms with Crippen molar-refractivity contribution in [1.29, 1.82) is 0 Å². The lowest BCUT2D eigenvalue weighted by Crippen LogP contribution is -1.94. The lowest BCUT2D eigenvalue weighted by atomic mass is 10.1. The van der Waals surface area contributed by atoms with E-state index < -0.39 is 0 Å². The average molecular weight is 408 g/mol. The summed E-state index contributed by atoms with van der Waals surface area (Å²) >= 11 is 1.77. The van der Waals surface area contributed by atoms with Crippen molar-refractivity contribution in [2.75, 3.05) is 0 Å². The molecule has 0 radical (unpaired) electrons. The van der Waals surface area contributed by atoms with Crippen molar-refractivity contribution in [3.8, 4) is 16.8 Å². The van der Waals surface area contributed by atoms with Crippen LogP contribution < -0.4 is 0 Å². The second-order valence-electron chi connectivity index (χ2n) is 7.21. The Bertz CT molecular complexity index is 1290. The van der Waals surface area contributed by atoms with Gasteiger partial charge in [0.25, 0.3) is 0 Å². The summed E-state index contributed by atoms with van der Waals surface area (Å²) in [5.74, 6) is 0.879. The number of benzene rings is 3. The van der Waals surface area contributed by atoms with Crippen LogP contribution in [0.2, 0.25) is 0 Å². The van der Waals surface area contributed by atoms with E-state index in [0.29, 0.717) is 0 Å². The van der Waals surface area contributed by atoms with Gasteiger partial charge in [0.1, 0.15) is 17.0 Å². The van der Waals surface area contributed by atoms with Gasteiger partial charge in [0.05, 0.1) is 5.39 Å². The number of hydrogen-bond donors (Lipinski definition) is 0. The van der Waals surface area contributed by atoms with Crippen LogP contribution in [0.15, 0.2) is 102 Å². The molecule has 0 spiro atoms. The summed E-state index contributed by atoms with van der Waals surface area (Å²) < 4.78 is 2.16. The van der Waals surface area contributed by atoms with E-state index in [1.165, 1.54) is 16.7 Å². The highest BCUT2D eigenvalue weighted by Crippen LogP contribution is 2.37. The first kappa shape index (κ1) is 18.6. The first-order valence-electron chi connectivity index (χ1n) is 9.95. The number of thioether (sulfide) groups is 1. The van der Waals surface area contributed by atoms with Crippen molar-refractivity contribution in [3.05, 3.63) is 109 Å². The Morgan fingerprint density at radius 1 is 0.800 bits per heavy atom. The Labute approximate surface area is 180 Å². The van der Waals surface area contributed by atoms with Gasteiger partial charge in [0.2, 0.25) is 0 Å². The van der Waals surface area contributed by atoms with Crippen molar-refractivity contribution in [3.63, 3.8) is 0 Å². The summed E-state index contributed by atoms with van der Waals surface area (Å²) in [5.41, 5.74) is 6.99. The molecule has 2 aromatic heterocycles. The van der Waals surface area contributed by atoms with Gasteiger partial charge in [0.15, 0.2) is 0 Å². The number of aryl methyl sites for hydroxylation is 1. The van der Waals surface area contributed by atoms with Gasteiger partial charge in [-0.2, -0.15) is 0 Å². The van der Waals surface area contributed by atoms with E-state index in [0.717, 1.165) is 33.1 Å². The molecule has 3 aromatic carbocycles. The van der Waals surface area contributed by atoms with Gasteiger partial charge in [-0.05, 0) is 35.7 Å². The zero-order valence-corrected chi connectivity index (χ0v) is 17.5. The number of aromatic nitrogens is 3. The number of fused-ring (bicyclic) bond motifs is 1. The molecule has 0 aliphatic heterocycles. The number of rotatable bonds is 5. The Kier molecular flexibility index (Phi) is 5.08. The van der Waals surface area contributed by atoms with Crippen molar-refractivity contribution < 1.29 is 0 Å². The summed E-state index contributed by atoms with van der Waals surface area (Å²) in [6.07, 6.45) is 3.86. The van der Waals surface area contributed by atoms with Gasteiger partial charge in [-0.25, -0.2) is 9.97 Å². The summed E-state index contributed by atoms with van der Waals surface area (Å²) in [7, 11) is 0. The Balaban J connectivity index is 1.66. The minimum atomic E-state index is 0.879. The predicted molar refractivity (Wildman–Crippen MR) is 125 cm³/mol. The van der Waals surface area contributed by atoms with Gasteiger partial charge in [0, 0.05) is 23.2 Å². The molecule has 2 heterocycles. The maximum Gasteiger partial charge on any atom is 0.149 e. The van der Waals surface area contributed by atoms with Crippen LogP contribution in [0, 0.1) is 6.92 Å². The van der Waals surface area contributed by atoms with Crippen molar-refractivity contribution >= 4 is 22.8 Å². The largest absolute Gasteiger partial charge is 0.301 e. The second kappa shape index (κ2) is 8.17. The Hall–Kier alpha value is -3.37. The molecular formula is C26H21N3S. The minimum Gasteiger partial charge on any atom is -0.301 e. The van der Waals surface area contributed by atoms with E-state index in [4.69, 9.17) is 0 Å². The SMILES string of the molecule is Cc1ccccc1CSc1ncnc2c1c(-c1ccccc1)cn2-c1ccccc1. The first-order chi connectivity index (χ1) is 14.8. The molecular weight excluding hydrogens is 386 g/mol. The predicted octanol–water partition coefficient (Wildman–Crippen LogP) is 6.69. The maximum atomic E-state index is 4.68. The molecule has 0 amide bonds. The lowest BCUT2D eigenvalue weighted by molar-refractivity contribution is 1.04. The zero-order valence-electron chi connectivity index (χ0n) is 16.7. The second-order valence-corrected chi connectivity index (χ2v) is 8.17. The molecule has 0 fully saturated rings. The third kappa shape index (κ3) is 3.51. The summed E-state index contributed by atoms with van der Waals surface area (Å²) in [5, 5.41) is 2.11. The molecule has 0 unspecified atom stereocenters. The van der Waals surface area contributed by atoms with Crippen LogP contribution in [0.1, 0.15) is 11.1 Å². The van der Waals surface area contributed by atoms with Gasteiger partial charge >= 0.3 is 0 Å². The number of para-hydroxylation sites is 1. The Morgan fingerprint density at radius 2 is 1.50 bits per heavy atom. The third-order valence-corrected chi connectivity index (χ3v) is 6.33. The van der Waals surface area contributed by atoms with E-state index in [1.807, 2.05) is 12.1 Å². The molecule has 0 N–H and O–H groups in total. The normalized spacial score (nSPS) is 11.1. The third-order valence-electron chi connectivity index (χ3n) is 5.29. The highest BCUT2D eigenvalue weighted by atomic mass is 32.2. The fraction of sp³-hybridized carbons (Fsp3) is 0.0769. The molecule has 0 bridgehead atoms. The standard InChI is InChI=1S/C26H21N3S/c1-19-10-8-9-13-21(19)17-30-26-24-23(20-11-4-2-5-12-20)16-29(25(24)27-18-28-26)22-14-6-3-7-15-22/h2-16,18H,17H2,1H3. The summed E-state index contributed by atoms with van der Waals surface area (Å²) in [6, 6.07) is 29.4. The van der Waals surface area contributed by atoms with Crippen LogP contribution in [0.4, 0.5) is 0 Å². The van der Waals surface area contributed by atoms with Crippen LogP contribution in [0.25, 0.3) is 27.8 Å². The summed E-state index contributed by atoms with van der Waals surface area (Å²) in [4.78, 5) is 9.36. The molecule has 0 saturated heterocycles. The zero-order chi connectivity index (χ0) is 20.3. The monoisotopic (exact) mass is 407 g/mol. The fourth-order valence-corrected chi connectivity index (χ4v) is 4.77. The van der Waals surface area contributed by atoms with Crippen LogP contribution in [-0.4, -0.2) is 14.5 Å². The molecule has 0 atom stereocenters. The molecule has 5 rings (SSSR count). The van der Waals surface area contributed by atoms with Crippen molar-refractivity contribution in [1.82, 2.24) is 14.5 Å². The topological polar surface area (TPSA) is 30.7 Å². The molecule has 30 heavy (non-hydrogen) atoms. The van der Waals surface area contributed by atoms with Crippen molar-refractivity contribution in [2.24, 2.45) is 0 Å². The van der Waals surface area contributed by atoms with E-state index in [1.54, 1.807) is 18.1 Å². The molecule has 5 aromatic rings. The quantitative estimate of drug-likeness (QED) is 0.240. The maximum absolute atomic E-state index is 4.68. The molecule has 0 aliphatic rings. The first-order valence-corrected chi connectivity index (χ1v) is 10.9. The van der Waals surface area contributed by atoms with E-state index in [-0.39, 0.29) is 0 Å². The van der Waals surface area contributed by atoms with Gasteiger partial charge < -0.3 is 4.57 Å². The number of nitrogens with zero attached hydrogens (tertiary/aromatic N) is 3. The van der Waals surface area contributed by atoms with E-state index in [9.17, 15) is 0 Å². The van der Waals surface area contributed by atoms with Crippen LogP contribution >= 0.6 is 11.8 Å². The average Bonchev–Trinajstić information content (AvgIpc) is 3.20. The fourth-order valence-electron chi connectivity index (χ4n) is 3.68. The lowest BCUT2D eigenvalue weighted by Gasteiger charge is -2.08. The van der Waals surface area contributed by atoms with Crippen LogP contribution in [0.5, 0.6) is 0 Å². The van der Waals surface area contributed by atoms with Gasteiger partial charge in [-0.1, -0.05) is 72.8 Å². The van der Waals surface area contributed by atoms with E-state index >= 15 is 0 Å². The van der Waals surface area contributed by atoms with Crippen molar-refractivity contribution in [2.45, 2.75) is 17.7 Å². The van der Waals surface area contributed by atoms with Crippen LogP contribution in [0.3, 0.4) is 0 Å². The smallest absolute Gasteiger partial charge is 0.149 e. The molecule has 0 saturated carbocycles. The highest BCUT2D eigenvalue weighted by molar-refractivity contribution is 7.98. The molecule has 146 valence electrons. The molecule has 4 heteroatoms. The molecule has 3 nitrogen and oxygen atoms in total. The van der Waals surface area contributed by atoms with Crippen LogP contribution in [-0.2, 0) is 5.75 Å². The summed E-state index contributed by atoms with van der Waals surface area (Å²) in [6.45, 7) is 2.16. The van der Waals surface area contributed by atoms with Gasteiger partial charge in [-0.15, -0.1) is 11.8 Å². The van der Waals surface area contributed by atoms with Gasteiger partial charge in [-0.3, -0.25) is 0 Å².